The minimum Gasteiger partial charge on any atom is -0.444 e. The Kier molecular flexibility index (Phi) is 6.68. The number of rotatable bonds is 3. The number of halogens is 1. The first-order valence-corrected chi connectivity index (χ1v) is 13.5. The van der Waals surface area contributed by atoms with E-state index in [1.807, 2.05) is 44.0 Å². The van der Waals surface area contributed by atoms with Crippen LogP contribution in [0.3, 0.4) is 0 Å². The summed E-state index contributed by atoms with van der Waals surface area (Å²) in [7, 11) is 0. The molecule has 35 heavy (non-hydrogen) atoms. The predicted molar refractivity (Wildman–Crippen MR) is 142 cm³/mol. The summed E-state index contributed by atoms with van der Waals surface area (Å²) in [5.74, 6) is 0. The number of ether oxygens (including phenoxy) is 1. The minimum absolute atomic E-state index is 0.00280. The van der Waals surface area contributed by atoms with Gasteiger partial charge in [0.1, 0.15) is 5.60 Å². The number of amides is 1. The smallest absolute Gasteiger partial charge is 0.410 e. The molecule has 186 valence electrons. The van der Waals surface area contributed by atoms with E-state index in [0.29, 0.717) is 6.54 Å². The van der Waals surface area contributed by atoms with Gasteiger partial charge in [-0.15, -0.1) is 11.3 Å². The normalized spacial score (nSPS) is 18.6. The number of benzene rings is 1. The Bertz CT molecular complexity index is 1250. The maximum Gasteiger partial charge on any atom is 0.410 e. The number of pyridine rings is 1. The molecule has 0 radical (unpaired) electrons. The standard InChI is InChI=1S/C27H32ClN3O3S/c1-27(2,3)34-26(33)30-10-5-7-19(15-30)31-11-4-6-17-12-18(28)13-22(24(17)31)21-8-9-29-23-14-20(16-32)35-25(21)23/h8-9,12-14,19,32H,4-7,10-11,15-16H2,1-3H3/t19-/m0/s1. The van der Waals surface area contributed by atoms with Crippen molar-refractivity contribution in [3.8, 4) is 11.1 Å². The lowest BCUT2D eigenvalue weighted by molar-refractivity contribution is 0.0197. The number of nitrogens with zero attached hydrogens (tertiary/aromatic N) is 3. The van der Waals surface area contributed by atoms with Crippen LogP contribution in [0.4, 0.5) is 10.5 Å². The second kappa shape index (κ2) is 9.60. The summed E-state index contributed by atoms with van der Waals surface area (Å²) in [6, 6.07) is 8.36. The molecule has 1 atom stereocenters. The summed E-state index contributed by atoms with van der Waals surface area (Å²) < 4.78 is 6.74. The molecule has 0 aliphatic carbocycles. The highest BCUT2D eigenvalue weighted by molar-refractivity contribution is 7.19. The Morgan fingerprint density at radius 1 is 1.23 bits per heavy atom. The zero-order chi connectivity index (χ0) is 24.7. The van der Waals surface area contributed by atoms with Crippen LogP contribution >= 0.6 is 22.9 Å². The van der Waals surface area contributed by atoms with Crippen LogP contribution in [0.5, 0.6) is 0 Å². The van der Waals surface area contributed by atoms with Crippen molar-refractivity contribution >= 4 is 44.9 Å². The van der Waals surface area contributed by atoms with Gasteiger partial charge in [-0.05, 0) is 76.3 Å². The van der Waals surface area contributed by atoms with Crippen molar-refractivity contribution in [3.05, 3.63) is 45.9 Å². The lowest BCUT2D eigenvalue weighted by Crippen LogP contribution is -2.52. The molecule has 2 aliphatic heterocycles. The average Bonchev–Trinajstić information content (AvgIpc) is 3.26. The Balaban J connectivity index is 1.55. The number of hydrogen-bond donors (Lipinski definition) is 1. The fourth-order valence-electron chi connectivity index (χ4n) is 5.29. The molecule has 0 spiro atoms. The van der Waals surface area contributed by atoms with E-state index >= 15 is 0 Å². The van der Waals surface area contributed by atoms with Crippen molar-refractivity contribution in [3.63, 3.8) is 0 Å². The molecule has 1 aromatic carbocycles. The van der Waals surface area contributed by atoms with Gasteiger partial charge in [-0.3, -0.25) is 4.98 Å². The summed E-state index contributed by atoms with van der Waals surface area (Å²) in [4.78, 5) is 22.6. The number of likely N-dealkylation sites (tertiary alicyclic amines) is 1. The van der Waals surface area contributed by atoms with Crippen LogP contribution in [0, 0.1) is 0 Å². The van der Waals surface area contributed by atoms with Gasteiger partial charge in [-0.25, -0.2) is 4.79 Å². The van der Waals surface area contributed by atoms with Crippen LogP contribution < -0.4 is 4.90 Å². The summed E-state index contributed by atoms with van der Waals surface area (Å²) in [5.41, 5.74) is 5.03. The van der Waals surface area contributed by atoms with Gasteiger partial charge < -0.3 is 19.6 Å². The van der Waals surface area contributed by atoms with Crippen molar-refractivity contribution in [2.75, 3.05) is 24.5 Å². The lowest BCUT2D eigenvalue weighted by atomic mass is 9.91. The number of carbonyl (C=O) groups is 1. The highest BCUT2D eigenvalue weighted by Gasteiger charge is 2.34. The molecule has 2 aromatic heterocycles. The topological polar surface area (TPSA) is 65.9 Å². The monoisotopic (exact) mass is 513 g/mol. The largest absolute Gasteiger partial charge is 0.444 e. The molecule has 8 heteroatoms. The number of aromatic nitrogens is 1. The fourth-order valence-corrected chi connectivity index (χ4v) is 6.53. The minimum atomic E-state index is -0.507. The number of piperidine rings is 1. The number of anilines is 1. The molecule has 0 bridgehead atoms. The number of aliphatic hydroxyl groups is 1. The van der Waals surface area contributed by atoms with Gasteiger partial charge >= 0.3 is 6.09 Å². The number of fused-ring (bicyclic) bond motifs is 2. The third kappa shape index (κ3) is 4.99. The van der Waals surface area contributed by atoms with Crippen LogP contribution in [0.25, 0.3) is 21.3 Å². The summed E-state index contributed by atoms with van der Waals surface area (Å²) in [6.07, 6.45) is 5.60. The maximum atomic E-state index is 12.8. The van der Waals surface area contributed by atoms with Gasteiger partial charge in [0.05, 0.1) is 16.8 Å². The molecular weight excluding hydrogens is 482 g/mol. The van der Waals surface area contributed by atoms with E-state index in [-0.39, 0.29) is 18.7 Å². The number of thiophene rings is 1. The van der Waals surface area contributed by atoms with Gasteiger partial charge in [0.15, 0.2) is 0 Å². The number of hydrogen-bond acceptors (Lipinski definition) is 6. The van der Waals surface area contributed by atoms with Crippen molar-refractivity contribution in [1.82, 2.24) is 9.88 Å². The molecule has 0 saturated carbocycles. The van der Waals surface area contributed by atoms with E-state index in [1.54, 1.807) is 11.3 Å². The molecule has 2 aliphatic rings. The highest BCUT2D eigenvalue weighted by Crippen LogP contribution is 2.44. The number of aliphatic hydroxyl groups excluding tert-OH is 1. The van der Waals surface area contributed by atoms with Crippen LogP contribution in [0.15, 0.2) is 30.5 Å². The van der Waals surface area contributed by atoms with Crippen molar-refractivity contribution in [1.29, 1.82) is 0 Å². The van der Waals surface area contributed by atoms with E-state index in [1.165, 1.54) is 11.3 Å². The van der Waals surface area contributed by atoms with Gasteiger partial charge in [0, 0.05) is 58.6 Å². The molecular formula is C27H32ClN3O3S. The molecule has 3 aromatic rings. The van der Waals surface area contributed by atoms with E-state index < -0.39 is 5.60 Å². The fraction of sp³-hybridized carbons (Fsp3) is 0.481. The van der Waals surface area contributed by atoms with Crippen molar-refractivity contribution in [2.45, 2.75) is 64.7 Å². The van der Waals surface area contributed by atoms with Crippen LogP contribution in [-0.2, 0) is 17.8 Å². The zero-order valence-corrected chi connectivity index (χ0v) is 22.1. The Hall–Kier alpha value is -2.35. The molecule has 0 unspecified atom stereocenters. The van der Waals surface area contributed by atoms with Crippen LogP contribution in [0.2, 0.25) is 5.02 Å². The van der Waals surface area contributed by atoms with Gasteiger partial charge in [0.2, 0.25) is 0 Å². The first-order chi connectivity index (χ1) is 16.7. The van der Waals surface area contributed by atoms with Crippen molar-refractivity contribution < 1.29 is 14.6 Å². The molecule has 1 fully saturated rings. The van der Waals surface area contributed by atoms with Crippen molar-refractivity contribution in [2.24, 2.45) is 0 Å². The second-order valence-electron chi connectivity index (χ2n) is 10.4. The predicted octanol–water partition coefficient (Wildman–Crippen LogP) is 6.26. The Labute approximate surface area is 215 Å². The summed E-state index contributed by atoms with van der Waals surface area (Å²) >= 11 is 8.21. The van der Waals surface area contributed by atoms with Crippen LogP contribution in [-0.4, -0.2) is 52.4 Å². The van der Waals surface area contributed by atoms with Gasteiger partial charge in [-0.2, -0.15) is 0 Å². The Morgan fingerprint density at radius 3 is 2.83 bits per heavy atom. The van der Waals surface area contributed by atoms with Gasteiger partial charge in [-0.1, -0.05) is 11.6 Å². The SMILES string of the molecule is CC(C)(C)OC(=O)N1CCC[C@H](N2CCCc3cc(Cl)cc(-c4ccnc5cc(CO)sc45)c32)C1. The van der Waals surface area contributed by atoms with E-state index in [4.69, 9.17) is 16.3 Å². The first-order valence-electron chi connectivity index (χ1n) is 12.3. The van der Waals surface area contributed by atoms with E-state index in [0.717, 1.165) is 70.0 Å². The molecule has 1 N–H and O–H groups in total. The maximum absolute atomic E-state index is 12.8. The molecule has 1 saturated heterocycles. The zero-order valence-electron chi connectivity index (χ0n) is 20.5. The van der Waals surface area contributed by atoms with Gasteiger partial charge in [0.25, 0.3) is 0 Å². The Morgan fingerprint density at radius 2 is 2.06 bits per heavy atom. The lowest BCUT2D eigenvalue weighted by Gasteiger charge is -2.44. The van der Waals surface area contributed by atoms with E-state index in [9.17, 15) is 9.90 Å². The van der Waals surface area contributed by atoms with E-state index in [2.05, 4.69) is 22.0 Å². The highest BCUT2D eigenvalue weighted by atomic mass is 35.5. The summed E-state index contributed by atoms with van der Waals surface area (Å²) in [6.45, 7) is 8.04. The number of carbonyl (C=O) groups excluding carboxylic acids is 1. The molecule has 4 heterocycles. The third-order valence-electron chi connectivity index (χ3n) is 6.68. The first kappa shape index (κ1) is 24.3. The average molecular weight is 514 g/mol. The molecule has 6 nitrogen and oxygen atoms in total. The second-order valence-corrected chi connectivity index (χ2v) is 12.0. The van der Waals surface area contributed by atoms with Crippen LogP contribution in [0.1, 0.15) is 50.5 Å². The molecule has 1 amide bonds. The quantitative estimate of drug-likeness (QED) is 0.447. The number of aryl methyl sites for hydroxylation is 1. The summed E-state index contributed by atoms with van der Waals surface area (Å²) in [5, 5.41) is 10.4. The third-order valence-corrected chi connectivity index (χ3v) is 8.04. The molecule has 5 rings (SSSR count).